The van der Waals surface area contributed by atoms with Gasteiger partial charge in [0.25, 0.3) is 5.91 Å². The van der Waals surface area contributed by atoms with Crippen molar-refractivity contribution in [3.8, 4) is 0 Å². The first-order valence-corrected chi connectivity index (χ1v) is 12.9. The molecule has 2 rings (SSSR count). The van der Waals surface area contributed by atoms with Crippen molar-refractivity contribution in [2.45, 2.75) is 85.9 Å². The van der Waals surface area contributed by atoms with E-state index in [9.17, 15) is 14.4 Å². The number of amides is 3. The van der Waals surface area contributed by atoms with Gasteiger partial charge in [0.1, 0.15) is 18.2 Å². The van der Waals surface area contributed by atoms with E-state index in [1.807, 2.05) is 71.9 Å². The van der Waals surface area contributed by atoms with Crippen molar-refractivity contribution >= 4 is 35.2 Å². The first-order chi connectivity index (χ1) is 17.1. The van der Waals surface area contributed by atoms with Crippen molar-refractivity contribution in [3.63, 3.8) is 0 Å². The van der Waals surface area contributed by atoms with Gasteiger partial charge in [0, 0.05) is 5.54 Å². The summed E-state index contributed by atoms with van der Waals surface area (Å²) in [6, 6.07) is 10.1. The molecule has 37 heavy (non-hydrogen) atoms. The maximum Gasteiger partial charge on any atom is 0.408 e. The number of aryl methyl sites for hydroxylation is 3. The van der Waals surface area contributed by atoms with Crippen LogP contribution in [0, 0.1) is 20.8 Å². The van der Waals surface area contributed by atoms with Crippen LogP contribution in [0.15, 0.2) is 36.4 Å². The summed E-state index contributed by atoms with van der Waals surface area (Å²) in [6.07, 6.45) is -0.126. The molecule has 2 aromatic carbocycles. The van der Waals surface area contributed by atoms with E-state index in [0.717, 1.165) is 16.7 Å². The van der Waals surface area contributed by atoms with Gasteiger partial charge < -0.3 is 20.3 Å². The largest absolute Gasteiger partial charge is 0.444 e. The number of halogens is 1. The third kappa shape index (κ3) is 7.96. The number of rotatable bonds is 8. The Morgan fingerprint density at radius 3 is 2.16 bits per heavy atom. The van der Waals surface area contributed by atoms with Gasteiger partial charge in [-0.25, -0.2) is 4.79 Å². The predicted octanol–water partition coefficient (Wildman–Crippen LogP) is 6.49. The highest BCUT2D eigenvalue weighted by molar-refractivity contribution is 6.34. The highest BCUT2D eigenvalue weighted by Gasteiger charge is 2.40. The van der Waals surface area contributed by atoms with Crippen molar-refractivity contribution in [3.05, 3.63) is 63.7 Å². The van der Waals surface area contributed by atoms with Gasteiger partial charge in [0.15, 0.2) is 0 Å². The Balaban J connectivity index is 2.55. The lowest BCUT2D eigenvalue weighted by molar-refractivity contribution is -0.145. The van der Waals surface area contributed by atoms with Gasteiger partial charge in [0.05, 0.1) is 10.7 Å². The van der Waals surface area contributed by atoms with Gasteiger partial charge in [-0.2, -0.15) is 0 Å². The van der Waals surface area contributed by atoms with E-state index in [1.54, 1.807) is 31.7 Å². The van der Waals surface area contributed by atoms with Gasteiger partial charge in [-0.05, 0) is 90.1 Å². The number of para-hydroxylation sites is 1. The Morgan fingerprint density at radius 1 is 0.973 bits per heavy atom. The molecule has 0 spiro atoms. The fraction of sp³-hybridized carbons (Fsp3) is 0.483. The molecular formula is C29H40ClN3O4. The number of hydrogen-bond donors (Lipinski definition) is 2. The molecule has 0 aliphatic carbocycles. The van der Waals surface area contributed by atoms with E-state index in [4.69, 9.17) is 16.3 Å². The molecule has 0 aliphatic rings. The molecule has 0 aliphatic heterocycles. The minimum absolute atomic E-state index is 0.321. The lowest BCUT2D eigenvalue weighted by Crippen LogP contribution is -2.55. The summed E-state index contributed by atoms with van der Waals surface area (Å²) in [6.45, 7) is 16.5. The Bertz CT molecular complexity index is 1130. The van der Waals surface area contributed by atoms with Crippen molar-refractivity contribution in [1.29, 1.82) is 0 Å². The summed E-state index contributed by atoms with van der Waals surface area (Å²) in [5.74, 6) is -0.807. The van der Waals surface area contributed by atoms with Crippen molar-refractivity contribution in [2.75, 3.05) is 11.9 Å². The van der Waals surface area contributed by atoms with Crippen molar-refractivity contribution < 1.29 is 19.1 Å². The van der Waals surface area contributed by atoms with Crippen LogP contribution in [0.5, 0.6) is 0 Å². The lowest BCUT2D eigenvalue weighted by Gasteiger charge is -2.43. The molecule has 1 unspecified atom stereocenters. The second-order valence-electron chi connectivity index (χ2n) is 11.0. The smallest absolute Gasteiger partial charge is 0.408 e. The van der Waals surface area contributed by atoms with E-state index in [-0.39, 0.29) is 6.54 Å². The Hall–Kier alpha value is -3.06. The highest BCUT2D eigenvalue weighted by Crippen LogP contribution is 2.34. The van der Waals surface area contributed by atoms with Crippen LogP contribution < -0.4 is 10.6 Å². The van der Waals surface area contributed by atoms with Crippen LogP contribution >= 0.6 is 11.6 Å². The molecule has 2 aromatic rings. The molecule has 8 heteroatoms. The number of nitrogens with one attached hydrogen (secondary N) is 2. The van der Waals surface area contributed by atoms with Crippen LogP contribution in [0.4, 0.5) is 10.5 Å². The first-order valence-electron chi connectivity index (χ1n) is 12.5. The zero-order valence-electron chi connectivity index (χ0n) is 23.4. The summed E-state index contributed by atoms with van der Waals surface area (Å²) in [4.78, 5) is 41.5. The molecule has 0 saturated carbocycles. The van der Waals surface area contributed by atoms with Gasteiger partial charge in [-0.1, -0.05) is 48.9 Å². The number of anilines is 1. The summed E-state index contributed by atoms with van der Waals surface area (Å²) in [5, 5.41) is 5.91. The van der Waals surface area contributed by atoms with Gasteiger partial charge in [-0.3, -0.25) is 9.59 Å². The van der Waals surface area contributed by atoms with Crippen LogP contribution in [-0.2, 0) is 14.3 Å². The number of benzene rings is 2. The van der Waals surface area contributed by atoms with Crippen LogP contribution in [0.2, 0.25) is 5.02 Å². The van der Waals surface area contributed by atoms with Crippen molar-refractivity contribution in [1.82, 2.24) is 10.2 Å². The summed E-state index contributed by atoms with van der Waals surface area (Å²) >= 11 is 6.41. The lowest BCUT2D eigenvalue weighted by atomic mass is 9.91. The summed E-state index contributed by atoms with van der Waals surface area (Å²) < 4.78 is 5.29. The Morgan fingerprint density at radius 2 is 1.62 bits per heavy atom. The number of hydrogen-bond acceptors (Lipinski definition) is 4. The fourth-order valence-corrected chi connectivity index (χ4v) is 4.15. The van der Waals surface area contributed by atoms with E-state index in [0.29, 0.717) is 22.7 Å². The number of alkyl carbamates (subject to hydrolysis) is 1. The predicted molar refractivity (Wildman–Crippen MR) is 149 cm³/mol. The first kappa shape index (κ1) is 30.2. The Kier molecular flexibility index (Phi) is 9.78. The van der Waals surface area contributed by atoms with Crippen molar-refractivity contribution in [2.24, 2.45) is 0 Å². The standard InChI is InChI=1S/C29H40ClN3O4/c1-10-29(8,9)33(23(34)17-31-27(36)37-28(5,6)7)25(21-15-14-18(2)20(4)16-21)26(35)32-24-19(3)12-11-13-22(24)30/h11-16,25H,10,17H2,1-9H3,(H,31,36)(H,32,35). The van der Waals surface area contributed by atoms with Gasteiger partial charge in [0.2, 0.25) is 5.91 Å². The Labute approximate surface area is 225 Å². The maximum atomic E-state index is 14.0. The monoisotopic (exact) mass is 529 g/mol. The third-order valence-electron chi connectivity index (χ3n) is 6.39. The number of carbonyl (C=O) groups is 3. The van der Waals surface area contributed by atoms with Crippen LogP contribution in [-0.4, -0.2) is 40.5 Å². The average Bonchev–Trinajstić information content (AvgIpc) is 2.79. The second kappa shape index (κ2) is 12.0. The van der Waals surface area contributed by atoms with E-state index >= 15 is 0 Å². The van der Waals surface area contributed by atoms with Crippen LogP contribution in [0.1, 0.15) is 76.3 Å². The van der Waals surface area contributed by atoms with E-state index < -0.39 is 35.1 Å². The SMILES string of the molecule is CCC(C)(C)N(C(=O)CNC(=O)OC(C)(C)C)C(C(=O)Nc1c(C)cccc1Cl)c1ccc(C)c(C)c1. The molecule has 2 N–H and O–H groups in total. The molecule has 202 valence electrons. The molecule has 7 nitrogen and oxygen atoms in total. The summed E-state index contributed by atoms with van der Waals surface area (Å²) in [7, 11) is 0. The molecule has 1 atom stereocenters. The molecule has 3 amide bonds. The molecule has 0 aromatic heterocycles. The van der Waals surface area contributed by atoms with E-state index in [1.165, 1.54) is 0 Å². The zero-order chi connectivity index (χ0) is 28.1. The topological polar surface area (TPSA) is 87.7 Å². The molecule has 0 fully saturated rings. The van der Waals surface area contributed by atoms with E-state index in [2.05, 4.69) is 10.6 Å². The molecule has 0 radical (unpaired) electrons. The zero-order valence-corrected chi connectivity index (χ0v) is 24.2. The molecule has 0 heterocycles. The maximum absolute atomic E-state index is 14.0. The summed E-state index contributed by atoms with van der Waals surface area (Å²) in [5.41, 5.74) is 2.61. The second-order valence-corrected chi connectivity index (χ2v) is 11.4. The quantitative estimate of drug-likeness (QED) is 0.409. The minimum Gasteiger partial charge on any atom is -0.444 e. The molecular weight excluding hydrogens is 490 g/mol. The number of ether oxygens (including phenoxy) is 1. The normalized spacial score (nSPS) is 12.5. The fourth-order valence-electron chi connectivity index (χ4n) is 3.88. The minimum atomic E-state index is -0.974. The highest BCUT2D eigenvalue weighted by atomic mass is 35.5. The molecule has 0 bridgehead atoms. The molecule has 0 saturated heterocycles. The number of nitrogens with zero attached hydrogens (tertiary/aromatic N) is 1. The van der Waals surface area contributed by atoms with Crippen LogP contribution in [0.25, 0.3) is 0 Å². The van der Waals surface area contributed by atoms with Crippen LogP contribution in [0.3, 0.4) is 0 Å². The average molecular weight is 530 g/mol. The third-order valence-corrected chi connectivity index (χ3v) is 6.71. The van der Waals surface area contributed by atoms with Gasteiger partial charge in [-0.15, -0.1) is 0 Å². The van der Waals surface area contributed by atoms with Gasteiger partial charge >= 0.3 is 6.09 Å². The number of carbonyl (C=O) groups excluding carboxylic acids is 3.